The van der Waals surface area contributed by atoms with Crippen molar-refractivity contribution in [3.05, 3.63) is 47.5 Å². The van der Waals surface area contributed by atoms with Gasteiger partial charge in [-0.05, 0) is 24.1 Å². The summed E-state index contributed by atoms with van der Waals surface area (Å²) >= 11 is 0. The monoisotopic (exact) mass is 296 g/mol. The molecule has 2 aromatic carbocycles. The van der Waals surface area contributed by atoms with Crippen molar-refractivity contribution >= 4 is 5.78 Å². The molecule has 0 aliphatic heterocycles. The van der Waals surface area contributed by atoms with E-state index in [0.717, 1.165) is 5.56 Å². The standard InChI is InChI=1S/C18H16O4/c1-3-9-22-11-16(19)15-10-14(12(2)17(20)18(15)21)13-7-5-4-6-8-13/h1,4-8,10,20-21H,9,11H2,2H3. The van der Waals surface area contributed by atoms with E-state index < -0.39 is 11.5 Å². The lowest BCUT2D eigenvalue weighted by atomic mass is 9.95. The predicted molar refractivity (Wildman–Crippen MR) is 83.9 cm³/mol. The summed E-state index contributed by atoms with van der Waals surface area (Å²) in [5.41, 5.74) is 2.04. The zero-order valence-electron chi connectivity index (χ0n) is 12.2. The van der Waals surface area contributed by atoms with Crippen molar-refractivity contribution in [3.8, 4) is 35.0 Å². The van der Waals surface area contributed by atoms with Crippen molar-refractivity contribution in [3.63, 3.8) is 0 Å². The van der Waals surface area contributed by atoms with E-state index in [9.17, 15) is 15.0 Å². The van der Waals surface area contributed by atoms with E-state index in [2.05, 4.69) is 5.92 Å². The molecule has 0 bridgehead atoms. The molecular formula is C18H16O4. The Morgan fingerprint density at radius 1 is 1.23 bits per heavy atom. The van der Waals surface area contributed by atoms with Crippen molar-refractivity contribution in [2.75, 3.05) is 13.2 Å². The molecule has 0 unspecified atom stereocenters. The maximum Gasteiger partial charge on any atom is 0.192 e. The number of phenolic OH excluding ortho intramolecular Hbond substituents is 2. The summed E-state index contributed by atoms with van der Waals surface area (Å²) in [5, 5.41) is 20.1. The van der Waals surface area contributed by atoms with Crippen LogP contribution >= 0.6 is 0 Å². The molecule has 2 aromatic rings. The number of ether oxygens (including phenoxy) is 1. The quantitative estimate of drug-likeness (QED) is 0.385. The molecule has 0 radical (unpaired) electrons. The molecule has 4 nitrogen and oxygen atoms in total. The second kappa shape index (κ2) is 6.79. The van der Waals surface area contributed by atoms with Crippen molar-refractivity contribution in [2.24, 2.45) is 0 Å². The van der Waals surface area contributed by atoms with Crippen LogP contribution in [-0.4, -0.2) is 29.2 Å². The van der Waals surface area contributed by atoms with Crippen LogP contribution < -0.4 is 0 Å². The van der Waals surface area contributed by atoms with E-state index in [1.165, 1.54) is 0 Å². The summed E-state index contributed by atoms with van der Waals surface area (Å²) in [6, 6.07) is 10.9. The first-order chi connectivity index (χ1) is 10.6. The van der Waals surface area contributed by atoms with Crippen molar-refractivity contribution < 1.29 is 19.7 Å². The van der Waals surface area contributed by atoms with E-state index in [1.807, 2.05) is 30.3 Å². The summed E-state index contributed by atoms with van der Waals surface area (Å²) in [6.45, 7) is 1.44. The molecule has 0 amide bonds. The first-order valence-corrected chi connectivity index (χ1v) is 6.71. The van der Waals surface area contributed by atoms with Gasteiger partial charge in [-0.3, -0.25) is 4.79 Å². The van der Waals surface area contributed by atoms with Crippen LogP contribution in [0.2, 0.25) is 0 Å². The molecule has 22 heavy (non-hydrogen) atoms. The van der Waals surface area contributed by atoms with Gasteiger partial charge in [-0.2, -0.15) is 0 Å². The molecule has 4 heteroatoms. The number of phenols is 2. The van der Waals surface area contributed by atoms with E-state index in [1.54, 1.807) is 13.0 Å². The Morgan fingerprint density at radius 3 is 2.55 bits per heavy atom. The van der Waals surface area contributed by atoms with Crippen LogP contribution in [-0.2, 0) is 4.74 Å². The molecule has 0 saturated carbocycles. The fourth-order valence-electron chi connectivity index (χ4n) is 2.16. The van der Waals surface area contributed by atoms with Crippen molar-refractivity contribution in [2.45, 2.75) is 6.92 Å². The average Bonchev–Trinajstić information content (AvgIpc) is 2.54. The molecule has 0 saturated heterocycles. The third kappa shape index (κ3) is 3.11. The number of benzene rings is 2. The van der Waals surface area contributed by atoms with E-state index in [-0.39, 0.29) is 24.5 Å². The molecule has 0 atom stereocenters. The number of carbonyl (C=O) groups excluding carboxylic acids is 1. The van der Waals surface area contributed by atoms with Crippen LogP contribution in [0.15, 0.2) is 36.4 Å². The minimum atomic E-state index is -0.444. The maximum absolute atomic E-state index is 12.1. The molecule has 0 aliphatic carbocycles. The largest absolute Gasteiger partial charge is 0.504 e. The highest BCUT2D eigenvalue weighted by Crippen LogP contribution is 2.39. The van der Waals surface area contributed by atoms with Gasteiger partial charge in [0, 0.05) is 5.56 Å². The maximum atomic E-state index is 12.1. The molecule has 0 fully saturated rings. The van der Waals surface area contributed by atoms with Crippen LogP contribution in [0.25, 0.3) is 11.1 Å². The zero-order valence-corrected chi connectivity index (χ0v) is 12.2. The summed E-state index contributed by atoms with van der Waals surface area (Å²) in [7, 11) is 0. The Labute approximate surface area is 129 Å². The van der Waals surface area contributed by atoms with Crippen LogP contribution in [0.1, 0.15) is 15.9 Å². The second-order valence-electron chi connectivity index (χ2n) is 4.78. The molecule has 0 spiro atoms. The first-order valence-electron chi connectivity index (χ1n) is 6.71. The summed E-state index contributed by atoms with van der Waals surface area (Å²) in [6.07, 6.45) is 5.05. The fourth-order valence-corrected chi connectivity index (χ4v) is 2.16. The van der Waals surface area contributed by atoms with Crippen molar-refractivity contribution in [1.82, 2.24) is 0 Å². The lowest BCUT2D eigenvalue weighted by molar-refractivity contribution is 0.0809. The van der Waals surface area contributed by atoms with Crippen LogP contribution in [0, 0.1) is 19.3 Å². The number of rotatable bonds is 5. The third-order valence-electron chi connectivity index (χ3n) is 3.33. The minimum Gasteiger partial charge on any atom is -0.504 e. The first kappa shape index (κ1) is 15.6. The van der Waals surface area contributed by atoms with Gasteiger partial charge in [0.05, 0.1) is 5.56 Å². The van der Waals surface area contributed by atoms with E-state index in [0.29, 0.717) is 11.1 Å². The van der Waals surface area contributed by atoms with Crippen LogP contribution in [0.5, 0.6) is 11.5 Å². The molecule has 112 valence electrons. The third-order valence-corrected chi connectivity index (χ3v) is 3.33. The smallest absolute Gasteiger partial charge is 0.192 e. The van der Waals surface area contributed by atoms with Gasteiger partial charge < -0.3 is 14.9 Å². The van der Waals surface area contributed by atoms with Gasteiger partial charge in [-0.1, -0.05) is 36.3 Å². The number of hydrogen-bond donors (Lipinski definition) is 2. The predicted octanol–water partition coefficient (Wildman–Crippen LogP) is 2.91. The van der Waals surface area contributed by atoms with Gasteiger partial charge in [-0.15, -0.1) is 6.42 Å². The Morgan fingerprint density at radius 2 is 1.91 bits per heavy atom. The number of terminal acetylenes is 1. The number of Topliss-reactive ketones (excluding diaryl/α,β-unsaturated/α-hetero) is 1. The van der Waals surface area contributed by atoms with Gasteiger partial charge in [0.2, 0.25) is 0 Å². The zero-order chi connectivity index (χ0) is 16.1. The van der Waals surface area contributed by atoms with Gasteiger partial charge in [0.25, 0.3) is 0 Å². The second-order valence-corrected chi connectivity index (χ2v) is 4.78. The van der Waals surface area contributed by atoms with Crippen LogP contribution in [0.3, 0.4) is 0 Å². The SMILES string of the molecule is C#CCOCC(=O)c1cc(-c2ccccc2)c(C)c(O)c1O. The highest BCUT2D eigenvalue weighted by atomic mass is 16.5. The molecule has 0 aromatic heterocycles. The number of hydrogen-bond acceptors (Lipinski definition) is 4. The topological polar surface area (TPSA) is 66.8 Å². The highest BCUT2D eigenvalue weighted by Gasteiger charge is 2.20. The average molecular weight is 296 g/mol. The summed E-state index contributed by atoms with van der Waals surface area (Å²) in [5.74, 6) is 1.07. The Balaban J connectivity index is 2.46. The number of ketones is 1. The molecule has 2 N–H and O–H groups in total. The molecule has 0 heterocycles. The van der Waals surface area contributed by atoms with Crippen molar-refractivity contribution in [1.29, 1.82) is 0 Å². The van der Waals surface area contributed by atoms with Gasteiger partial charge in [0.1, 0.15) is 13.2 Å². The molecular weight excluding hydrogens is 280 g/mol. The lowest BCUT2D eigenvalue weighted by Crippen LogP contribution is -2.10. The Bertz CT molecular complexity index is 727. The Hall–Kier alpha value is -2.77. The van der Waals surface area contributed by atoms with Gasteiger partial charge in [-0.25, -0.2) is 0 Å². The minimum absolute atomic E-state index is 0.00981. The highest BCUT2D eigenvalue weighted by molar-refractivity contribution is 6.02. The van der Waals surface area contributed by atoms with E-state index in [4.69, 9.17) is 11.2 Å². The summed E-state index contributed by atoms with van der Waals surface area (Å²) < 4.78 is 4.99. The number of carbonyl (C=O) groups is 1. The van der Waals surface area contributed by atoms with Gasteiger partial charge >= 0.3 is 0 Å². The lowest BCUT2D eigenvalue weighted by Gasteiger charge is -2.13. The fraction of sp³-hybridized carbons (Fsp3) is 0.167. The molecule has 2 rings (SSSR count). The van der Waals surface area contributed by atoms with Crippen LogP contribution in [0.4, 0.5) is 0 Å². The number of aromatic hydroxyl groups is 2. The summed E-state index contributed by atoms with van der Waals surface area (Å²) in [4.78, 5) is 12.1. The normalized spacial score (nSPS) is 10.2. The van der Waals surface area contributed by atoms with Gasteiger partial charge in [0.15, 0.2) is 17.3 Å². The Kier molecular flexibility index (Phi) is 4.82. The molecule has 0 aliphatic rings. The van der Waals surface area contributed by atoms with E-state index >= 15 is 0 Å².